The van der Waals surface area contributed by atoms with E-state index in [1.807, 2.05) is 18.2 Å². The Morgan fingerprint density at radius 1 is 1.07 bits per heavy atom. The second-order valence-electron chi connectivity index (χ2n) is 2.74. The Morgan fingerprint density at radius 2 is 1.93 bits per heavy atom. The Balaban J connectivity index is 2.77. The van der Waals surface area contributed by atoms with Gasteiger partial charge in [0.2, 0.25) is 5.88 Å². The Bertz CT molecular complexity index is 414. The highest BCUT2D eigenvalue weighted by molar-refractivity contribution is 5.88. The standard InChI is InChI=1S/C10H10N2O2/c1-13-8-5-3-4-7-9(8)11-6-12-10(7)14-2/h3-6H,1-2H3. The molecule has 0 unspecified atom stereocenters. The first-order valence-corrected chi connectivity index (χ1v) is 4.18. The van der Waals surface area contributed by atoms with Crippen LogP contribution in [0.4, 0.5) is 0 Å². The van der Waals surface area contributed by atoms with E-state index in [0.29, 0.717) is 5.88 Å². The van der Waals surface area contributed by atoms with Crippen molar-refractivity contribution < 1.29 is 9.47 Å². The van der Waals surface area contributed by atoms with E-state index >= 15 is 0 Å². The van der Waals surface area contributed by atoms with Crippen LogP contribution in [0.5, 0.6) is 11.6 Å². The number of methoxy groups -OCH3 is 2. The van der Waals surface area contributed by atoms with Crippen LogP contribution in [0.15, 0.2) is 24.5 Å². The van der Waals surface area contributed by atoms with Crippen molar-refractivity contribution in [2.24, 2.45) is 0 Å². The molecule has 1 heterocycles. The highest BCUT2D eigenvalue weighted by Gasteiger charge is 2.06. The van der Waals surface area contributed by atoms with Crippen molar-refractivity contribution in [1.82, 2.24) is 9.97 Å². The summed E-state index contributed by atoms with van der Waals surface area (Å²) in [6, 6.07) is 5.64. The number of para-hydroxylation sites is 1. The van der Waals surface area contributed by atoms with Crippen LogP contribution >= 0.6 is 0 Å². The molecule has 4 heteroatoms. The number of benzene rings is 1. The van der Waals surface area contributed by atoms with Gasteiger partial charge in [-0.1, -0.05) is 6.07 Å². The fourth-order valence-corrected chi connectivity index (χ4v) is 1.36. The second kappa shape index (κ2) is 3.49. The fourth-order valence-electron chi connectivity index (χ4n) is 1.36. The van der Waals surface area contributed by atoms with E-state index in [2.05, 4.69) is 9.97 Å². The highest BCUT2D eigenvalue weighted by atomic mass is 16.5. The van der Waals surface area contributed by atoms with Gasteiger partial charge in [0.15, 0.2) is 0 Å². The Kier molecular flexibility index (Phi) is 2.18. The molecule has 0 spiro atoms. The molecule has 2 aromatic rings. The van der Waals surface area contributed by atoms with Crippen LogP contribution in [0.2, 0.25) is 0 Å². The number of rotatable bonds is 2. The van der Waals surface area contributed by atoms with Crippen molar-refractivity contribution in [3.8, 4) is 11.6 Å². The first-order chi connectivity index (χ1) is 6.86. The summed E-state index contributed by atoms with van der Waals surface area (Å²) in [5, 5.41) is 0.856. The molecule has 14 heavy (non-hydrogen) atoms. The predicted molar refractivity (Wildman–Crippen MR) is 52.6 cm³/mol. The molecule has 4 nitrogen and oxygen atoms in total. The van der Waals surface area contributed by atoms with Gasteiger partial charge in [0.1, 0.15) is 17.6 Å². The summed E-state index contributed by atoms with van der Waals surface area (Å²) in [6.07, 6.45) is 1.46. The summed E-state index contributed by atoms with van der Waals surface area (Å²) in [6.45, 7) is 0. The third-order valence-electron chi connectivity index (χ3n) is 2.00. The maximum absolute atomic E-state index is 5.18. The van der Waals surface area contributed by atoms with Crippen LogP contribution in [0, 0.1) is 0 Å². The Morgan fingerprint density at radius 3 is 2.64 bits per heavy atom. The van der Waals surface area contributed by atoms with E-state index in [1.54, 1.807) is 14.2 Å². The van der Waals surface area contributed by atoms with Crippen molar-refractivity contribution in [3.05, 3.63) is 24.5 Å². The third kappa shape index (κ3) is 1.25. The summed E-state index contributed by atoms with van der Waals surface area (Å²) < 4.78 is 10.3. The second-order valence-corrected chi connectivity index (χ2v) is 2.74. The fraction of sp³-hybridized carbons (Fsp3) is 0.200. The number of ether oxygens (including phenoxy) is 2. The van der Waals surface area contributed by atoms with Crippen molar-refractivity contribution >= 4 is 10.9 Å². The van der Waals surface area contributed by atoms with Crippen molar-refractivity contribution in [3.63, 3.8) is 0 Å². The molecule has 1 aromatic heterocycles. The van der Waals surface area contributed by atoms with Crippen LogP contribution in [0.1, 0.15) is 0 Å². The molecule has 0 N–H and O–H groups in total. The van der Waals surface area contributed by atoms with E-state index < -0.39 is 0 Å². The Labute approximate surface area is 81.5 Å². The van der Waals surface area contributed by atoms with Gasteiger partial charge in [-0.15, -0.1) is 0 Å². The van der Waals surface area contributed by atoms with Gasteiger partial charge in [0.25, 0.3) is 0 Å². The van der Waals surface area contributed by atoms with Crippen LogP contribution in [0.25, 0.3) is 10.9 Å². The maximum Gasteiger partial charge on any atom is 0.224 e. The number of hydrogen-bond donors (Lipinski definition) is 0. The van der Waals surface area contributed by atoms with Gasteiger partial charge in [-0.25, -0.2) is 9.97 Å². The molecule has 0 atom stereocenters. The van der Waals surface area contributed by atoms with E-state index in [4.69, 9.17) is 9.47 Å². The topological polar surface area (TPSA) is 44.2 Å². The molecule has 0 aliphatic rings. The minimum atomic E-state index is 0.564. The van der Waals surface area contributed by atoms with Crippen molar-refractivity contribution in [1.29, 1.82) is 0 Å². The van der Waals surface area contributed by atoms with Crippen LogP contribution in [0.3, 0.4) is 0 Å². The predicted octanol–water partition coefficient (Wildman–Crippen LogP) is 1.65. The molecule has 0 aliphatic carbocycles. The van der Waals surface area contributed by atoms with Gasteiger partial charge in [-0.05, 0) is 12.1 Å². The average molecular weight is 190 g/mol. The number of aromatic nitrogens is 2. The largest absolute Gasteiger partial charge is 0.494 e. The molecule has 0 saturated heterocycles. The van der Waals surface area contributed by atoms with E-state index in [0.717, 1.165) is 16.7 Å². The lowest BCUT2D eigenvalue weighted by molar-refractivity contribution is 0.401. The summed E-state index contributed by atoms with van der Waals surface area (Å²) in [5.41, 5.74) is 0.766. The van der Waals surface area contributed by atoms with Crippen LogP contribution in [-0.4, -0.2) is 24.2 Å². The van der Waals surface area contributed by atoms with Crippen LogP contribution < -0.4 is 9.47 Å². The van der Waals surface area contributed by atoms with Crippen LogP contribution in [-0.2, 0) is 0 Å². The van der Waals surface area contributed by atoms with Gasteiger partial charge in [-0.2, -0.15) is 0 Å². The minimum Gasteiger partial charge on any atom is -0.494 e. The zero-order valence-electron chi connectivity index (χ0n) is 8.02. The normalized spacial score (nSPS) is 10.1. The van der Waals surface area contributed by atoms with Crippen molar-refractivity contribution in [2.45, 2.75) is 0 Å². The number of fused-ring (bicyclic) bond motifs is 1. The van der Waals surface area contributed by atoms with E-state index in [9.17, 15) is 0 Å². The third-order valence-corrected chi connectivity index (χ3v) is 2.00. The van der Waals surface area contributed by atoms with Gasteiger partial charge >= 0.3 is 0 Å². The highest BCUT2D eigenvalue weighted by Crippen LogP contribution is 2.27. The van der Waals surface area contributed by atoms with Crippen molar-refractivity contribution in [2.75, 3.05) is 14.2 Å². The molecule has 72 valence electrons. The lowest BCUT2D eigenvalue weighted by Gasteiger charge is -2.06. The molecular formula is C10H10N2O2. The summed E-state index contributed by atoms with van der Waals surface area (Å²) >= 11 is 0. The lowest BCUT2D eigenvalue weighted by atomic mass is 10.2. The molecule has 0 bridgehead atoms. The average Bonchev–Trinajstić information content (AvgIpc) is 2.27. The maximum atomic E-state index is 5.18. The zero-order chi connectivity index (χ0) is 9.97. The first kappa shape index (κ1) is 8.74. The molecule has 2 rings (SSSR count). The molecular weight excluding hydrogens is 180 g/mol. The molecule has 0 aliphatic heterocycles. The van der Waals surface area contributed by atoms with Gasteiger partial charge in [0, 0.05) is 0 Å². The first-order valence-electron chi connectivity index (χ1n) is 4.18. The summed E-state index contributed by atoms with van der Waals surface area (Å²) in [4.78, 5) is 8.16. The SMILES string of the molecule is COc1ncnc2c(OC)cccc12. The number of nitrogens with zero attached hydrogens (tertiary/aromatic N) is 2. The monoisotopic (exact) mass is 190 g/mol. The number of hydrogen-bond acceptors (Lipinski definition) is 4. The van der Waals surface area contributed by atoms with E-state index in [-0.39, 0.29) is 0 Å². The van der Waals surface area contributed by atoms with Gasteiger partial charge in [0.05, 0.1) is 19.6 Å². The minimum absolute atomic E-state index is 0.564. The summed E-state index contributed by atoms with van der Waals surface area (Å²) in [5.74, 6) is 1.29. The summed E-state index contributed by atoms with van der Waals surface area (Å²) in [7, 11) is 3.20. The molecule has 0 amide bonds. The lowest BCUT2D eigenvalue weighted by Crippen LogP contribution is -1.93. The smallest absolute Gasteiger partial charge is 0.224 e. The Hall–Kier alpha value is -1.84. The molecule has 0 fully saturated rings. The molecule has 0 saturated carbocycles. The zero-order valence-corrected chi connectivity index (χ0v) is 8.02. The van der Waals surface area contributed by atoms with Gasteiger partial charge < -0.3 is 9.47 Å². The molecule has 0 radical (unpaired) electrons. The van der Waals surface area contributed by atoms with E-state index in [1.165, 1.54) is 6.33 Å². The molecule has 1 aromatic carbocycles. The quantitative estimate of drug-likeness (QED) is 0.722. The van der Waals surface area contributed by atoms with Gasteiger partial charge in [-0.3, -0.25) is 0 Å².